The zero-order valence-corrected chi connectivity index (χ0v) is 12.5. The lowest BCUT2D eigenvalue weighted by molar-refractivity contribution is 0.242. The molecule has 0 saturated heterocycles. The molecule has 0 aliphatic rings. The Morgan fingerprint density at radius 1 is 1.30 bits per heavy atom. The van der Waals surface area contributed by atoms with Gasteiger partial charge in [-0.25, -0.2) is 4.98 Å². The number of nitrogens with one attached hydrogen (secondary N) is 1. The third kappa shape index (κ3) is 3.61. The molecule has 1 aromatic carbocycles. The lowest BCUT2D eigenvalue weighted by Crippen LogP contribution is -2.17. The van der Waals surface area contributed by atoms with Crippen LogP contribution < -0.4 is 10.1 Å². The van der Waals surface area contributed by atoms with Crippen molar-refractivity contribution in [3.8, 4) is 17.1 Å². The van der Waals surface area contributed by atoms with E-state index in [0.29, 0.717) is 5.89 Å². The van der Waals surface area contributed by atoms with Crippen LogP contribution in [0.15, 0.2) is 34.9 Å². The number of ether oxygens (including phenoxy) is 1. The smallest absolute Gasteiger partial charge is 0.211 e. The first kappa shape index (κ1) is 14.6. The maximum atomic E-state index is 5.81. The van der Waals surface area contributed by atoms with Gasteiger partial charge in [-0.3, -0.25) is 0 Å². The molecule has 0 amide bonds. The highest BCUT2D eigenvalue weighted by Gasteiger charge is 2.12. The summed E-state index contributed by atoms with van der Waals surface area (Å²) in [5, 5.41) is 3.28. The van der Waals surface area contributed by atoms with Gasteiger partial charge in [0.1, 0.15) is 5.75 Å². The van der Waals surface area contributed by atoms with Crippen LogP contribution in [0.2, 0.25) is 0 Å². The molecule has 108 valence electrons. The molecular weight excluding hydrogens is 252 g/mol. The third-order valence-corrected chi connectivity index (χ3v) is 2.89. The highest BCUT2D eigenvalue weighted by molar-refractivity contribution is 5.58. The van der Waals surface area contributed by atoms with Gasteiger partial charge in [-0.2, -0.15) is 0 Å². The fourth-order valence-corrected chi connectivity index (χ4v) is 2.01. The molecule has 0 spiro atoms. The second-order valence-electron chi connectivity index (χ2n) is 5.04. The number of oxazole rings is 1. The predicted molar refractivity (Wildman–Crippen MR) is 79.8 cm³/mol. The van der Waals surface area contributed by atoms with Gasteiger partial charge in [-0.1, -0.05) is 19.1 Å². The first-order valence-electron chi connectivity index (χ1n) is 7.06. The van der Waals surface area contributed by atoms with Crippen molar-refractivity contribution in [3.05, 3.63) is 36.4 Å². The van der Waals surface area contributed by atoms with Crippen molar-refractivity contribution in [1.82, 2.24) is 10.3 Å². The molecule has 0 saturated carbocycles. The normalized spacial score (nSPS) is 12.7. The molecule has 4 heteroatoms. The van der Waals surface area contributed by atoms with Gasteiger partial charge in [0, 0.05) is 5.56 Å². The Morgan fingerprint density at radius 3 is 2.80 bits per heavy atom. The van der Waals surface area contributed by atoms with Gasteiger partial charge in [0.15, 0.2) is 5.76 Å². The monoisotopic (exact) mass is 274 g/mol. The molecule has 0 radical (unpaired) electrons. The van der Waals surface area contributed by atoms with E-state index < -0.39 is 0 Å². The van der Waals surface area contributed by atoms with Crippen molar-refractivity contribution in [1.29, 1.82) is 0 Å². The first-order chi connectivity index (χ1) is 9.60. The molecular formula is C16H22N2O2. The summed E-state index contributed by atoms with van der Waals surface area (Å²) in [5.74, 6) is 2.31. The Balaban J connectivity index is 2.19. The van der Waals surface area contributed by atoms with Gasteiger partial charge in [0.2, 0.25) is 5.89 Å². The van der Waals surface area contributed by atoms with Crippen LogP contribution in [0.25, 0.3) is 11.3 Å². The van der Waals surface area contributed by atoms with Crippen molar-refractivity contribution in [3.63, 3.8) is 0 Å². The number of nitrogens with zero attached hydrogens (tertiary/aromatic N) is 1. The second kappa shape index (κ2) is 6.57. The summed E-state index contributed by atoms with van der Waals surface area (Å²) < 4.78 is 11.5. The van der Waals surface area contributed by atoms with E-state index in [1.165, 1.54) is 0 Å². The molecule has 1 heterocycles. The molecule has 20 heavy (non-hydrogen) atoms. The van der Waals surface area contributed by atoms with E-state index >= 15 is 0 Å². The molecule has 1 N–H and O–H groups in total. The maximum absolute atomic E-state index is 5.81. The summed E-state index contributed by atoms with van der Waals surface area (Å²) in [6.07, 6.45) is 1.92. The third-order valence-electron chi connectivity index (χ3n) is 2.89. The summed E-state index contributed by atoms with van der Waals surface area (Å²) in [4.78, 5) is 4.33. The Morgan fingerprint density at radius 2 is 2.10 bits per heavy atom. The minimum absolute atomic E-state index is 0.115. The summed E-state index contributed by atoms with van der Waals surface area (Å²) in [6.45, 7) is 9.01. The Labute approximate surface area is 120 Å². The van der Waals surface area contributed by atoms with E-state index in [4.69, 9.17) is 9.15 Å². The summed E-state index contributed by atoms with van der Waals surface area (Å²) in [7, 11) is 0. The molecule has 0 bridgehead atoms. The minimum Gasteiger partial charge on any atom is -0.491 e. The molecule has 1 atom stereocenters. The zero-order chi connectivity index (χ0) is 14.5. The van der Waals surface area contributed by atoms with Gasteiger partial charge in [0.05, 0.1) is 18.3 Å². The van der Waals surface area contributed by atoms with Crippen molar-refractivity contribution in [2.75, 3.05) is 6.54 Å². The van der Waals surface area contributed by atoms with Crippen LogP contribution in [0.3, 0.4) is 0 Å². The van der Waals surface area contributed by atoms with E-state index in [-0.39, 0.29) is 12.1 Å². The van der Waals surface area contributed by atoms with Crippen LogP contribution in [0.4, 0.5) is 0 Å². The van der Waals surface area contributed by atoms with Crippen LogP contribution in [0.5, 0.6) is 5.75 Å². The summed E-state index contributed by atoms with van der Waals surface area (Å²) in [6, 6.07) is 7.99. The van der Waals surface area contributed by atoms with Crippen molar-refractivity contribution in [2.45, 2.75) is 39.8 Å². The second-order valence-corrected chi connectivity index (χ2v) is 5.04. The largest absolute Gasteiger partial charge is 0.491 e. The molecule has 2 aromatic rings. The quantitative estimate of drug-likeness (QED) is 0.870. The molecule has 4 nitrogen and oxygen atoms in total. The van der Waals surface area contributed by atoms with Crippen LogP contribution in [0.1, 0.15) is 39.6 Å². The first-order valence-corrected chi connectivity index (χ1v) is 7.06. The Bertz CT molecular complexity index is 549. The minimum atomic E-state index is 0.115. The molecule has 1 aromatic heterocycles. The molecule has 2 rings (SSSR count). The van der Waals surface area contributed by atoms with Crippen LogP contribution in [-0.4, -0.2) is 17.6 Å². The van der Waals surface area contributed by atoms with Gasteiger partial charge < -0.3 is 14.5 Å². The Kier molecular flexibility index (Phi) is 4.79. The lowest BCUT2D eigenvalue weighted by Gasteiger charge is -2.10. The highest BCUT2D eigenvalue weighted by atomic mass is 16.5. The molecule has 0 aliphatic carbocycles. The van der Waals surface area contributed by atoms with Crippen molar-refractivity contribution in [2.24, 2.45) is 0 Å². The van der Waals surface area contributed by atoms with Gasteiger partial charge in [-0.05, 0) is 39.4 Å². The van der Waals surface area contributed by atoms with Gasteiger partial charge >= 0.3 is 0 Å². The fraction of sp³-hybridized carbons (Fsp3) is 0.438. The highest BCUT2D eigenvalue weighted by Crippen LogP contribution is 2.26. The number of rotatable bonds is 6. The van der Waals surface area contributed by atoms with Crippen LogP contribution >= 0.6 is 0 Å². The van der Waals surface area contributed by atoms with E-state index in [2.05, 4.69) is 17.2 Å². The predicted octanol–water partition coefficient (Wildman–Crippen LogP) is 3.80. The van der Waals surface area contributed by atoms with Gasteiger partial charge in [0.25, 0.3) is 0 Å². The topological polar surface area (TPSA) is 47.3 Å². The number of hydrogen-bond acceptors (Lipinski definition) is 4. The fourth-order valence-electron chi connectivity index (χ4n) is 2.01. The maximum Gasteiger partial charge on any atom is 0.211 e. The molecule has 1 unspecified atom stereocenters. The van der Waals surface area contributed by atoms with Gasteiger partial charge in [-0.15, -0.1) is 0 Å². The Hall–Kier alpha value is -1.81. The number of benzene rings is 1. The van der Waals surface area contributed by atoms with Crippen molar-refractivity contribution < 1.29 is 9.15 Å². The SMILES string of the molecule is CCNC(C)c1ncc(-c2cccc(OC(C)C)c2)o1. The zero-order valence-electron chi connectivity index (χ0n) is 12.5. The van der Waals surface area contributed by atoms with Crippen molar-refractivity contribution >= 4 is 0 Å². The average molecular weight is 274 g/mol. The van der Waals surface area contributed by atoms with E-state index in [1.807, 2.05) is 45.0 Å². The van der Waals surface area contributed by atoms with Crippen LogP contribution in [0, 0.1) is 0 Å². The number of aromatic nitrogens is 1. The lowest BCUT2D eigenvalue weighted by atomic mass is 10.2. The average Bonchev–Trinajstić information content (AvgIpc) is 2.88. The molecule has 0 fully saturated rings. The van der Waals surface area contributed by atoms with Crippen LogP contribution in [-0.2, 0) is 0 Å². The standard InChI is InChI=1S/C16H22N2O2/c1-5-17-12(4)16-18-10-15(20-16)13-7-6-8-14(9-13)19-11(2)3/h6-12,17H,5H2,1-4H3. The van der Waals surface area contributed by atoms with E-state index in [9.17, 15) is 0 Å². The number of hydrogen-bond donors (Lipinski definition) is 1. The summed E-state index contributed by atoms with van der Waals surface area (Å²) >= 11 is 0. The van der Waals surface area contributed by atoms with E-state index in [0.717, 1.165) is 23.6 Å². The van der Waals surface area contributed by atoms with E-state index in [1.54, 1.807) is 6.20 Å². The summed E-state index contributed by atoms with van der Waals surface area (Å²) in [5.41, 5.74) is 0.977. The molecule has 0 aliphatic heterocycles.